The van der Waals surface area contributed by atoms with Crippen molar-refractivity contribution in [3.05, 3.63) is 47.9 Å². The molecule has 0 spiro atoms. The summed E-state index contributed by atoms with van der Waals surface area (Å²) in [5.41, 5.74) is 2.39. The Balaban J connectivity index is 1.37. The fourth-order valence-corrected chi connectivity index (χ4v) is 3.42. The lowest BCUT2D eigenvalue weighted by molar-refractivity contribution is -0.131. The molecule has 2 aromatic rings. The van der Waals surface area contributed by atoms with Crippen molar-refractivity contribution in [2.24, 2.45) is 0 Å². The normalized spacial score (nSPS) is 14.8. The molecule has 6 nitrogen and oxygen atoms in total. The lowest BCUT2D eigenvalue weighted by atomic mass is 9.87. The highest BCUT2D eigenvalue weighted by Gasteiger charge is 2.21. The molecule has 1 aromatic heterocycles. The maximum absolute atomic E-state index is 12.5. The van der Waals surface area contributed by atoms with Crippen LogP contribution in [0.25, 0.3) is 0 Å². The van der Waals surface area contributed by atoms with Gasteiger partial charge in [-0.25, -0.2) is 9.97 Å². The Morgan fingerprint density at radius 3 is 2.38 bits per heavy atom. The third-order valence-corrected chi connectivity index (χ3v) is 5.27. The molecule has 1 aliphatic rings. The van der Waals surface area contributed by atoms with Crippen LogP contribution < -0.4 is 9.64 Å². The number of aromatic nitrogens is 2. The zero-order chi connectivity index (χ0) is 20.9. The monoisotopic (exact) mass is 396 g/mol. The minimum absolute atomic E-state index is 0.140. The van der Waals surface area contributed by atoms with Gasteiger partial charge in [0.15, 0.2) is 0 Å². The van der Waals surface area contributed by atoms with E-state index in [4.69, 9.17) is 4.74 Å². The van der Waals surface area contributed by atoms with Crippen LogP contribution in [0.3, 0.4) is 0 Å². The van der Waals surface area contributed by atoms with E-state index < -0.39 is 0 Å². The number of hydrogen-bond donors (Lipinski definition) is 0. The Kier molecular flexibility index (Phi) is 6.72. The quantitative estimate of drug-likeness (QED) is 0.699. The van der Waals surface area contributed by atoms with E-state index in [2.05, 4.69) is 47.8 Å². The Morgan fingerprint density at radius 2 is 1.76 bits per heavy atom. The summed E-state index contributed by atoms with van der Waals surface area (Å²) >= 11 is 0. The molecule has 0 atom stereocenters. The molecule has 0 saturated carbocycles. The summed E-state index contributed by atoms with van der Waals surface area (Å²) in [6.45, 7) is 12.2. The number of anilines is 1. The largest absolute Gasteiger partial charge is 0.494 e. The van der Waals surface area contributed by atoms with E-state index >= 15 is 0 Å². The molecule has 6 heteroatoms. The summed E-state index contributed by atoms with van der Waals surface area (Å²) < 4.78 is 5.80. The lowest BCUT2D eigenvalue weighted by Gasteiger charge is -2.35. The van der Waals surface area contributed by atoms with E-state index in [1.54, 1.807) is 6.33 Å². The van der Waals surface area contributed by atoms with Crippen LogP contribution in [-0.2, 0) is 10.2 Å². The van der Waals surface area contributed by atoms with E-state index in [1.165, 1.54) is 5.56 Å². The second kappa shape index (κ2) is 9.25. The second-order valence-electron chi connectivity index (χ2n) is 8.61. The number of amides is 1. The maximum Gasteiger partial charge on any atom is 0.222 e. The summed E-state index contributed by atoms with van der Waals surface area (Å²) in [5, 5.41) is 0. The van der Waals surface area contributed by atoms with E-state index in [9.17, 15) is 4.79 Å². The molecule has 1 saturated heterocycles. The fraction of sp³-hybridized carbons (Fsp3) is 0.522. The van der Waals surface area contributed by atoms with E-state index in [1.807, 2.05) is 30.0 Å². The number of carbonyl (C=O) groups excluding carboxylic acids is 1. The molecule has 2 heterocycles. The van der Waals surface area contributed by atoms with Gasteiger partial charge in [0, 0.05) is 44.4 Å². The second-order valence-corrected chi connectivity index (χ2v) is 8.61. The molecule has 156 valence electrons. The molecule has 0 radical (unpaired) electrons. The van der Waals surface area contributed by atoms with Crippen molar-refractivity contribution in [2.45, 2.75) is 46.0 Å². The minimum atomic E-state index is 0.140. The predicted molar refractivity (Wildman–Crippen MR) is 115 cm³/mol. The van der Waals surface area contributed by atoms with Crippen molar-refractivity contribution < 1.29 is 9.53 Å². The summed E-state index contributed by atoms with van der Waals surface area (Å²) in [5.74, 6) is 2.00. The number of aryl methyl sites for hydroxylation is 1. The lowest BCUT2D eigenvalue weighted by Crippen LogP contribution is -2.49. The van der Waals surface area contributed by atoms with Gasteiger partial charge >= 0.3 is 0 Å². The molecule has 0 unspecified atom stereocenters. The summed E-state index contributed by atoms with van der Waals surface area (Å²) in [7, 11) is 0. The van der Waals surface area contributed by atoms with Gasteiger partial charge in [-0.2, -0.15) is 0 Å². The first-order valence-corrected chi connectivity index (χ1v) is 10.4. The standard InChI is InChI=1S/C23H32N4O2/c1-18-16-21(25-17-24-18)26-11-13-27(14-12-26)22(28)6-5-15-29-20-9-7-19(8-10-20)23(2,3)4/h7-10,16-17H,5-6,11-15H2,1-4H3. The number of carbonyl (C=O) groups is 1. The van der Waals surface area contributed by atoms with Crippen molar-refractivity contribution in [1.82, 2.24) is 14.9 Å². The van der Waals surface area contributed by atoms with Crippen molar-refractivity contribution in [2.75, 3.05) is 37.7 Å². The summed E-state index contributed by atoms with van der Waals surface area (Å²) in [6, 6.07) is 10.2. The van der Waals surface area contributed by atoms with Crippen LogP contribution in [0.15, 0.2) is 36.7 Å². The van der Waals surface area contributed by atoms with Crippen LogP contribution in [0.4, 0.5) is 5.82 Å². The van der Waals surface area contributed by atoms with Crippen LogP contribution in [-0.4, -0.2) is 53.6 Å². The van der Waals surface area contributed by atoms with Gasteiger partial charge in [-0.05, 0) is 36.5 Å². The van der Waals surface area contributed by atoms with Crippen molar-refractivity contribution in [1.29, 1.82) is 0 Å². The number of piperazine rings is 1. The molecule has 1 aromatic carbocycles. The topological polar surface area (TPSA) is 58.6 Å². The zero-order valence-electron chi connectivity index (χ0n) is 18.0. The third kappa shape index (κ3) is 5.92. The molecule has 29 heavy (non-hydrogen) atoms. The Labute approximate surface area is 173 Å². The van der Waals surface area contributed by atoms with Crippen molar-refractivity contribution >= 4 is 11.7 Å². The molecule has 1 fully saturated rings. The minimum Gasteiger partial charge on any atom is -0.494 e. The first kappa shape index (κ1) is 21.1. The number of ether oxygens (including phenoxy) is 1. The van der Waals surface area contributed by atoms with Crippen LogP contribution >= 0.6 is 0 Å². The highest BCUT2D eigenvalue weighted by Crippen LogP contribution is 2.24. The van der Waals surface area contributed by atoms with Crippen molar-refractivity contribution in [3.8, 4) is 5.75 Å². The molecular weight excluding hydrogens is 364 g/mol. The van der Waals surface area contributed by atoms with Gasteiger partial charge in [0.05, 0.1) is 6.61 Å². The number of hydrogen-bond acceptors (Lipinski definition) is 5. The Hall–Kier alpha value is -2.63. The third-order valence-electron chi connectivity index (χ3n) is 5.27. The summed E-state index contributed by atoms with van der Waals surface area (Å²) in [6.07, 6.45) is 2.84. The molecule has 0 bridgehead atoms. The van der Waals surface area contributed by atoms with E-state index in [0.717, 1.165) is 49.9 Å². The van der Waals surface area contributed by atoms with Gasteiger partial charge in [-0.15, -0.1) is 0 Å². The van der Waals surface area contributed by atoms with Gasteiger partial charge < -0.3 is 14.5 Å². The average Bonchev–Trinajstić information content (AvgIpc) is 2.71. The average molecular weight is 397 g/mol. The molecular formula is C23H32N4O2. The van der Waals surface area contributed by atoms with Crippen LogP contribution in [0.5, 0.6) is 5.75 Å². The first-order valence-electron chi connectivity index (χ1n) is 10.4. The highest BCUT2D eigenvalue weighted by atomic mass is 16.5. The van der Waals surface area contributed by atoms with Gasteiger partial charge in [0.25, 0.3) is 0 Å². The van der Waals surface area contributed by atoms with Crippen LogP contribution in [0.1, 0.15) is 44.9 Å². The number of rotatable bonds is 6. The van der Waals surface area contributed by atoms with Crippen LogP contribution in [0.2, 0.25) is 0 Å². The Morgan fingerprint density at radius 1 is 1.07 bits per heavy atom. The van der Waals surface area contributed by atoms with Gasteiger partial charge in [0.1, 0.15) is 17.9 Å². The number of nitrogens with zero attached hydrogens (tertiary/aromatic N) is 4. The summed E-state index contributed by atoms with van der Waals surface area (Å²) in [4.78, 5) is 25.1. The van der Waals surface area contributed by atoms with Crippen molar-refractivity contribution in [3.63, 3.8) is 0 Å². The Bertz CT molecular complexity index is 806. The predicted octanol–water partition coefficient (Wildman–Crippen LogP) is 3.59. The van der Waals surface area contributed by atoms with Crippen LogP contribution in [0, 0.1) is 6.92 Å². The molecule has 3 rings (SSSR count). The zero-order valence-corrected chi connectivity index (χ0v) is 18.0. The van der Waals surface area contributed by atoms with E-state index in [-0.39, 0.29) is 11.3 Å². The number of benzene rings is 1. The fourth-order valence-electron chi connectivity index (χ4n) is 3.42. The smallest absolute Gasteiger partial charge is 0.222 e. The highest BCUT2D eigenvalue weighted by molar-refractivity contribution is 5.76. The maximum atomic E-state index is 12.5. The molecule has 0 aliphatic carbocycles. The molecule has 1 aliphatic heterocycles. The van der Waals surface area contributed by atoms with Gasteiger partial charge in [-0.1, -0.05) is 32.9 Å². The van der Waals surface area contributed by atoms with E-state index in [0.29, 0.717) is 13.0 Å². The molecule has 0 N–H and O–H groups in total. The molecule has 1 amide bonds. The SMILES string of the molecule is Cc1cc(N2CCN(C(=O)CCCOc3ccc(C(C)(C)C)cc3)CC2)ncn1. The van der Waals surface area contributed by atoms with Gasteiger partial charge in [-0.3, -0.25) is 4.79 Å². The first-order chi connectivity index (χ1) is 13.8. The van der Waals surface area contributed by atoms with Gasteiger partial charge in [0.2, 0.25) is 5.91 Å².